The molecule has 6 nitrogen and oxygen atoms in total. The van der Waals surface area contributed by atoms with Crippen LogP contribution in [0.1, 0.15) is 18.9 Å². The van der Waals surface area contributed by atoms with Crippen LogP contribution < -0.4 is 5.32 Å². The predicted octanol–water partition coefficient (Wildman–Crippen LogP) is 1.65. The summed E-state index contributed by atoms with van der Waals surface area (Å²) in [6, 6.07) is 6.31. The molecule has 0 saturated carbocycles. The Morgan fingerprint density at radius 3 is 2.88 bits per heavy atom. The fourth-order valence-corrected chi connectivity index (χ4v) is 1.39. The molecule has 0 heterocycles. The minimum atomic E-state index is -0.580. The molecule has 1 rings (SSSR count). The Morgan fingerprint density at radius 2 is 2.35 bits per heavy atom. The smallest absolute Gasteiger partial charge is 0.309 e. The largest absolute Gasteiger partial charge is 0.393 e. The van der Waals surface area contributed by atoms with Gasteiger partial charge in [0.15, 0.2) is 0 Å². The van der Waals surface area contributed by atoms with Gasteiger partial charge in [0.2, 0.25) is 0 Å². The topological polar surface area (TPSA) is 99.2 Å². The average molecular weight is 235 g/mol. The highest BCUT2D eigenvalue weighted by Crippen LogP contribution is 2.27. The van der Waals surface area contributed by atoms with Crippen molar-refractivity contribution < 1.29 is 10.0 Å². The molecule has 0 fully saturated rings. The van der Waals surface area contributed by atoms with Crippen LogP contribution in [0.2, 0.25) is 0 Å². The zero-order valence-corrected chi connectivity index (χ0v) is 9.38. The molecule has 0 aromatic heterocycles. The number of aliphatic hydroxyl groups is 1. The SMILES string of the molecule is CC(O)CCNc1cccc(C#N)c1[N+](=O)[O-]. The summed E-state index contributed by atoms with van der Waals surface area (Å²) in [6.07, 6.45) is 0.00853. The molecule has 0 aliphatic carbocycles. The third-order valence-electron chi connectivity index (χ3n) is 2.22. The molecule has 0 bridgehead atoms. The third-order valence-corrected chi connectivity index (χ3v) is 2.22. The number of hydrogen-bond acceptors (Lipinski definition) is 5. The van der Waals surface area contributed by atoms with Crippen LogP contribution in [-0.2, 0) is 0 Å². The number of benzene rings is 1. The van der Waals surface area contributed by atoms with E-state index in [1.807, 2.05) is 0 Å². The maximum atomic E-state index is 10.9. The maximum Gasteiger partial charge on any atom is 0.309 e. The molecule has 0 aliphatic heterocycles. The van der Waals surface area contributed by atoms with Gasteiger partial charge >= 0.3 is 5.69 Å². The van der Waals surface area contributed by atoms with Crippen molar-refractivity contribution in [1.82, 2.24) is 0 Å². The second-order valence-corrected chi connectivity index (χ2v) is 3.64. The normalized spacial score (nSPS) is 11.6. The number of nitriles is 1. The molecule has 90 valence electrons. The fraction of sp³-hybridized carbons (Fsp3) is 0.364. The van der Waals surface area contributed by atoms with Crippen LogP contribution in [0.3, 0.4) is 0 Å². The number of anilines is 1. The van der Waals surface area contributed by atoms with Gasteiger partial charge in [0.25, 0.3) is 0 Å². The second-order valence-electron chi connectivity index (χ2n) is 3.64. The molecular formula is C11H13N3O3. The maximum absolute atomic E-state index is 10.9. The molecule has 0 amide bonds. The zero-order chi connectivity index (χ0) is 12.8. The van der Waals surface area contributed by atoms with Crippen LogP contribution in [0.5, 0.6) is 0 Å². The van der Waals surface area contributed by atoms with Crippen LogP contribution in [0.4, 0.5) is 11.4 Å². The van der Waals surface area contributed by atoms with Crippen molar-refractivity contribution in [2.75, 3.05) is 11.9 Å². The van der Waals surface area contributed by atoms with E-state index in [4.69, 9.17) is 10.4 Å². The van der Waals surface area contributed by atoms with Crippen LogP contribution in [0.25, 0.3) is 0 Å². The van der Waals surface area contributed by atoms with Crippen molar-refractivity contribution in [3.05, 3.63) is 33.9 Å². The third kappa shape index (κ3) is 3.43. The van der Waals surface area contributed by atoms with Gasteiger partial charge in [0, 0.05) is 6.54 Å². The standard InChI is InChI=1S/C11H13N3O3/c1-8(15)5-6-13-10-4-2-3-9(7-12)11(10)14(16)17/h2-4,8,13,15H,5-6H2,1H3. The molecule has 1 aromatic rings. The first-order chi connectivity index (χ1) is 8.06. The Balaban J connectivity index is 2.92. The van der Waals surface area contributed by atoms with Gasteiger partial charge in [-0.25, -0.2) is 0 Å². The molecular weight excluding hydrogens is 222 g/mol. The zero-order valence-electron chi connectivity index (χ0n) is 9.38. The Kier molecular flexibility index (Phi) is 4.43. The molecule has 0 radical (unpaired) electrons. The first-order valence-electron chi connectivity index (χ1n) is 5.15. The lowest BCUT2D eigenvalue weighted by atomic mass is 10.1. The quantitative estimate of drug-likeness (QED) is 0.597. The van der Waals surface area contributed by atoms with Crippen molar-refractivity contribution >= 4 is 11.4 Å². The lowest BCUT2D eigenvalue weighted by Crippen LogP contribution is -2.11. The number of rotatable bonds is 5. The molecule has 0 saturated heterocycles. The number of nitro benzene ring substituents is 1. The first kappa shape index (κ1) is 12.9. The molecule has 1 aromatic carbocycles. The van der Waals surface area contributed by atoms with Crippen molar-refractivity contribution in [2.45, 2.75) is 19.4 Å². The van der Waals surface area contributed by atoms with E-state index in [1.165, 1.54) is 6.07 Å². The molecule has 2 N–H and O–H groups in total. The highest BCUT2D eigenvalue weighted by molar-refractivity contribution is 5.68. The van der Waals surface area contributed by atoms with Crippen molar-refractivity contribution in [3.8, 4) is 6.07 Å². The molecule has 0 aliphatic rings. The second kappa shape index (κ2) is 5.82. The minimum absolute atomic E-state index is 0.0250. The summed E-state index contributed by atoms with van der Waals surface area (Å²) >= 11 is 0. The van der Waals surface area contributed by atoms with Gasteiger partial charge in [-0.1, -0.05) is 6.07 Å². The van der Waals surface area contributed by atoms with E-state index in [2.05, 4.69) is 5.32 Å². The summed E-state index contributed by atoms with van der Waals surface area (Å²) in [7, 11) is 0. The number of nitro groups is 1. The summed E-state index contributed by atoms with van der Waals surface area (Å²) < 4.78 is 0. The lowest BCUT2D eigenvalue weighted by molar-refractivity contribution is -0.384. The summed E-state index contributed by atoms with van der Waals surface area (Å²) in [5.74, 6) is 0. The summed E-state index contributed by atoms with van der Waals surface area (Å²) in [5, 5.41) is 31.6. The number of aliphatic hydroxyl groups excluding tert-OH is 1. The fourth-order valence-electron chi connectivity index (χ4n) is 1.39. The van der Waals surface area contributed by atoms with Crippen molar-refractivity contribution in [3.63, 3.8) is 0 Å². The minimum Gasteiger partial charge on any atom is -0.393 e. The Labute approximate surface area is 98.6 Å². The van der Waals surface area contributed by atoms with E-state index in [-0.39, 0.29) is 11.3 Å². The van der Waals surface area contributed by atoms with Crippen LogP contribution in [-0.4, -0.2) is 22.7 Å². The van der Waals surface area contributed by atoms with Gasteiger partial charge in [-0.05, 0) is 25.5 Å². The highest BCUT2D eigenvalue weighted by Gasteiger charge is 2.18. The summed E-state index contributed by atoms with van der Waals surface area (Å²) in [4.78, 5) is 10.3. The van der Waals surface area contributed by atoms with E-state index in [0.717, 1.165) is 0 Å². The monoisotopic (exact) mass is 235 g/mol. The number of nitrogens with zero attached hydrogens (tertiary/aromatic N) is 2. The van der Waals surface area contributed by atoms with E-state index < -0.39 is 11.0 Å². The van der Waals surface area contributed by atoms with E-state index in [0.29, 0.717) is 18.7 Å². The van der Waals surface area contributed by atoms with E-state index in [9.17, 15) is 10.1 Å². The molecule has 0 spiro atoms. The Morgan fingerprint density at radius 1 is 1.65 bits per heavy atom. The van der Waals surface area contributed by atoms with Crippen LogP contribution in [0.15, 0.2) is 18.2 Å². The van der Waals surface area contributed by atoms with Crippen molar-refractivity contribution in [2.24, 2.45) is 0 Å². The molecule has 1 unspecified atom stereocenters. The summed E-state index contributed by atoms with van der Waals surface area (Å²) in [5.41, 5.74) is 0.104. The number of nitrogens with one attached hydrogen (secondary N) is 1. The van der Waals surface area contributed by atoms with Gasteiger partial charge in [-0.15, -0.1) is 0 Å². The van der Waals surface area contributed by atoms with Gasteiger partial charge in [0.1, 0.15) is 17.3 Å². The molecule has 1 atom stereocenters. The van der Waals surface area contributed by atoms with Gasteiger partial charge in [0.05, 0.1) is 11.0 Å². The van der Waals surface area contributed by atoms with Crippen molar-refractivity contribution in [1.29, 1.82) is 5.26 Å². The van der Waals surface area contributed by atoms with E-state index >= 15 is 0 Å². The predicted molar refractivity (Wildman–Crippen MR) is 62.6 cm³/mol. The van der Waals surface area contributed by atoms with Crippen LogP contribution in [0, 0.1) is 21.4 Å². The number of hydrogen-bond donors (Lipinski definition) is 2. The van der Waals surface area contributed by atoms with Gasteiger partial charge < -0.3 is 10.4 Å². The molecule has 6 heteroatoms. The summed E-state index contributed by atoms with van der Waals surface area (Å²) in [6.45, 7) is 2.05. The van der Waals surface area contributed by atoms with Crippen LogP contribution >= 0.6 is 0 Å². The van der Waals surface area contributed by atoms with Gasteiger partial charge in [-0.2, -0.15) is 5.26 Å². The number of para-hydroxylation sites is 1. The molecule has 17 heavy (non-hydrogen) atoms. The highest BCUT2D eigenvalue weighted by atomic mass is 16.6. The Hall–Kier alpha value is -2.13. The van der Waals surface area contributed by atoms with E-state index in [1.54, 1.807) is 25.1 Å². The average Bonchev–Trinajstić information content (AvgIpc) is 2.27. The van der Waals surface area contributed by atoms with Gasteiger partial charge in [-0.3, -0.25) is 10.1 Å². The first-order valence-corrected chi connectivity index (χ1v) is 5.15. The lowest BCUT2D eigenvalue weighted by Gasteiger charge is -2.08. The Bertz CT molecular complexity index is 452.